The molecular weight excluding hydrogens is 270 g/mol. The molecular formula is C15H21N3O3. The fourth-order valence-corrected chi connectivity index (χ4v) is 2.36. The Kier molecular flexibility index (Phi) is 5.16. The molecule has 1 unspecified atom stereocenters. The molecule has 2 N–H and O–H groups in total. The lowest BCUT2D eigenvalue weighted by Crippen LogP contribution is -2.54. The molecule has 1 aliphatic rings. The highest BCUT2D eigenvalue weighted by Gasteiger charge is 2.26. The number of hydrogen-bond donors (Lipinski definition) is 2. The Bertz CT molecular complexity index is 484. The van der Waals surface area contributed by atoms with Crippen molar-refractivity contribution in [3.63, 3.8) is 0 Å². The number of carboxylic acids is 1. The molecule has 0 aromatic heterocycles. The number of carbonyl (C=O) groups excluding carboxylic acids is 1. The Morgan fingerprint density at radius 2 is 1.81 bits per heavy atom. The molecule has 114 valence electrons. The molecule has 21 heavy (non-hydrogen) atoms. The second-order valence-corrected chi connectivity index (χ2v) is 5.15. The van der Waals surface area contributed by atoms with Crippen LogP contribution in [0.3, 0.4) is 0 Å². The third kappa shape index (κ3) is 4.19. The number of carbonyl (C=O) groups is 2. The van der Waals surface area contributed by atoms with Crippen LogP contribution >= 0.6 is 0 Å². The molecule has 1 aliphatic heterocycles. The summed E-state index contributed by atoms with van der Waals surface area (Å²) >= 11 is 0. The molecule has 0 spiro atoms. The summed E-state index contributed by atoms with van der Waals surface area (Å²) in [6, 6.07) is 9.09. The molecule has 0 radical (unpaired) electrons. The van der Waals surface area contributed by atoms with Gasteiger partial charge in [0.15, 0.2) is 0 Å². The zero-order chi connectivity index (χ0) is 15.2. The van der Waals surface area contributed by atoms with E-state index >= 15 is 0 Å². The molecule has 0 saturated carbocycles. The van der Waals surface area contributed by atoms with Crippen molar-refractivity contribution < 1.29 is 14.7 Å². The van der Waals surface area contributed by atoms with Crippen molar-refractivity contribution in [3.05, 3.63) is 30.3 Å². The molecule has 1 fully saturated rings. The normalized spacial score (nSPS) is 17.3. The van der Waals surface area contributed by atoms with Crippen molar-refractivity contribution in [2.75, 3.05) is 38.0 Å². The highest BCUT2D eigenvalue weighted by molar-refractivity contribution is 5.81. The van der Waals surface area contributed by atoms with Crippen LogP contribution in [-0.2, 0) is 9.59 Å². The van der Waals surface area contributed by atoms with Crippen molar-refractivity contribution in [3.8, 4) is 0 Å². The number of benzene rings is 1. The molecule has 1 amide bonds. The minimum Gasteiger partial charge on any atom is -0.480 e. The van der Waals surface area contributed by atoms with E-state index in [0.29, 0.717) is 26.2 Å². The average molecular weight is 291 g/mol. The lowest BCUT2D eigenvalue weighted by atomic mass is 10.2. The van der Waals surface area contributed by atoms with Crippen molar-refractivity contribution in [1.29, 1.82) is 0 Å². The molecule has 6 nitrogen and oxygen atoms in total. The van der Waals surface area contributed by atoms with Crippen LogP contribution in [0.15, 0.2) is 30.3 Å². The van der Waals surface area contributed by atoms with Crippen LogP contribution in [0.5, 0.6) is 0 Å². The zero-order valence-electron chi connectivity index (χ0n) is 12.2. The van der Waals surface area contributed by atoms with Gasteiger partial charge in [-0.3, -0.25) is 14.5 Å². The van der Waals surface area contributed by atoms with Crippen molar-refractivity contribution in [2.45, 2.75) is 13.0 Å². The van der Waals surface area contributed by atoms with E-state index in [1.54, 1.807) is 11.8 Å². The smallest absolute Gasteiger partial charge is 0.320 e. The van der Waals surface area contributed by atoms with Gasteiger partial charge in [-0.25, -0.2) is 0 Å². The first kappa shape index (κ1) is 15.3. The maximum atomic E-state index is 12.1. The number of carboxylic acid groups (broad SMARTS) is 1. The summed E-state index contributed by atoms with van der Waals surface area (Å²) in [6.07, 6.45) is 0. The van der Waals surface area contributed by atoms with Gasteiger partial charge in [-0.1, -0.05) is 18.2 Å². The molecule has 1 aromatic carbocycles. The van der Waals surface area contributed by atoms with Crippen LogP contribution in [0.1, 0.15) is 6.92 Å². The standard InChI is InChI=1S/C15H21N3O3/c1-12(15(20)21)17-7-9-18(10-8-17)14(19)11-16-13-5-3-2-4-6-13/h2-6,12,16H,7-11H2,1H3,(H,20,21). The number of anilines is 1. The van der Waals surface area contributed by atoms with Gasteiger partial charge in [0, 0.05) is 31.9 Å². The topological polar surface area (TPSA) is 72.9 Å². The Morgan fingerprint density at radius 1 is 1.19 bits per heavy atom. The number of amides is 1. The SMILES string of the molecule is CC(C(=O)O)N1CCN(C(=O)CNc2ccccc2)CC1. The summed E-state index contributed by atoms with van der Waals surface area (Å²) in [7, 11) is 0. The van der Waals surface area contributed by atoms with Gasteiger partial charge >= 0.3 is 5.97 Å². The van der Waals surface area contributed by atoms with E-state index < -0.39 is 12.0 Å². The van der Waals surface area contributed by atoms with Gasteiger partial charge < -0.3 is 15.3 Å². The van der Waals surface area contributed by atoms with Crippen LogP contribution in [0.4, 0.5) is 5.69 Å². The van der Waals surface area contributed by atoms with E-state index in [4.69, 9.17) is 5.11 Å². The first-order chi connectivity index (χ1) is 10.1. The summed E-state index contributed by atoms with van der Waals surface area (Å²) in [6.45, 7) is 4.30. The quantitative estimate of drug-likeness (QED) is 0.836. The molecule has 0 aliphatic carbocycles. The van der Waals surface area contributed by atoms with E-state index in [2.05, 4.69) is 5.32 Å². The summed E-state index contributed by atoms with van der Waals surface area (Å²) in [5.41, 5.74) is 0.920. The largest absolute Gasteiger partial charge is 0.480 e. The summed E-state index contributed by atoms with van der Waals surface area (Å²) < 4.78 is 0. The molecule has 1 saturated heterocycles. The van der Waals surface area contributed by atoms with Gasteiger partial charge in [0.2, 0.25) is 5.91 Å². The van der Waals surface area contributed by atoms with E-state index in [1.165, 1.54) is 0 Å². The van der Waals surface area contributed by atoms with Crippen LogP contribution in [-0.4, -0.2) is 65.5 Å². The second-order valence-electron chi connectivity index (χ2n) is 5.15. The first-order valence-electron chi connectivity index (χ1n) is 7.11. The number of nitrogens with zero attached hydrogens (tertiary/aromatic N) is 2. The van der Waals surface area contributed by atoms with Gasteiger partial charge in [-0.15, -0.1) is 0 Å². The third-order valence-electron chi connectivity index (χ3n) is 3.79. The molecule has 1 atom stereocenters. The Morgan fingerprint density at radius 3 is 2.38 bits per heavy atom. The average Bonchev–Trinajstić information content (AvgIpc) is 2.53. The molecule has 6 heteroatoms. The fourth-order valence-electron chi connectivity index (χ4n) is 2.36. The lowest BCUT2D eigenvalue weighted by Gasteiger charge is -2.36. The van der Waals surface area contributed by atoms with Crippen LogP contribution in [0.25, 0.3) is 0 Å². The van der Waals surface area contributed by atoms with Crippen LogP contribution < -0.4 is 5.32 Å². The predicted molar refractivity (Wildman–Crippen MR) is 80.2 cm³/mol. The molecule has 2 rings (SSSR count). The highest BCUT2D eigenvalue weighted by Crippen LogP contribution is 2.08. The first-order valence-corrected chi connectivity index (χ1v) is 7.11. The number of hydrogen-bond acceptors (Lipinski definition) is 4. The van der Waals surface area contributed by atoms with Crippen LogP contribution in [0.2, 0.25) is 0 Å². The molecule has 0 bridgehead atoms. The van der Waals surface area contributed by atoms with Gasteiger partial charge in [-0.2, -0.15) is 0 Å². The fraction of sp³-hybridized carbons (Fsp3) is 0.467. The summed E-state index contributed by atoms with van der Waals surface area (Å²) in [5.74, 6) is -0.776. The van der Waals surface area contributed by atoms with Crippen molar-refractivity contribution in [1.82, 2.24) is 9.80 Å². The minimum atomic E-state index is -0.819. The predicted octanol–water partition coefficient (Wildman–Crippen LogP) is 0.716. The monoisotopic (exact) mass is 291 g/mol. The Balaban J connectivity index is 1.77. The van der Waals surface area contributed by atoms with Gasteiger partial charge in [-0.05, 0) is 19.1 Å². The third-order valence-corrected chi connectivity index (χ3v) is 3.79. The van der Waals surface area contributed by atoms with E-state index in [1.807, 2.05) is 35.2 Å². The van der Waals surface area contributed by atoms with Crippen molar-refractivity contribution >= 4 is 17.6 Å². The molecule has 1 aromatic rings. The minimum absolute atomic E-state index is 0.0430. The second kappa shape index (κ2) is 7.08. The van der Waals surface area contributed by atoms with Gasteiger partial charge in [0.25, 0.3) is 0 Å². The highest BCUT2D eigenvalue weighted by atomic mass is 16.4. The number of aliphatic carboxylic acids is 1. The van der Waals surface area contributed by atoms with Crippen LogP contribution in [0, 0.1) is 0 Å². The Hall–Kier alpha value is -2.08. The maximum absolute atomic E-state index is 12.1. The number of nitrogens with one attached hydrogen (secondary N) is 1. The zero-order valence-corrected chi connectivity index (χ0v) is 12.2. The lowest BCUT2D eigenvalue weighted by molar-refractivity contribution is -0.143. The summed E-state index contributed by atoms with van der Waals surface area (Å²) in [4.78, 5) is 26.7. The van der Waals surface area contributed by atoms with E-state index in [-0.39, 0.29) is 12.5 Å². The van der Waals surface area contributed by atoms with Crippen molar-refractivity contribution in [2.24, 2.45) is 0 Å². The Labute approximate surface area is 124 Å². The summed E-state index contributed by atoms with van der Waals surface area (Å²) in [5, 5.41) is 12.1. The van der Waals surface area contributed by atoms with E-state index in [0.717, 1.165) is 5.69 Å². The number of para-hydroxylation sites is 1. The number of piperazine rings is 1. The van der Waals surface area contributed by atoms with E-state index in [9.17, 15) is 9.59 Å². The number of rotatable bonds is 5. The van der Waals surface area contributed by atoms with Gasteiger partial charge in [0.05, 0.1) is 6.54 Å². The molecule has 1 heterocycles. The van der Waals surface area contributed by atoms with Gasteiger partial charge in [0.1, 0.15) is 6.04 Å². The maximum Gasteiger partial charge on any atom is 0.320 e.